The lowest BCUT2D eigenvalue weighted by atomic mass is 9.79. The molecule has 2 heterocycles. The zero-order chi connectivity index (χ0) is 44.2. The van der Waals surface area contributed by atoms with Crippen LogP contribution in [0.2, 0.25) is 0 Å². The first-order valence-electron chi connectivity index (χ1n) is 20.8. The highest BCUT2D eigenvalue weighted by Gasteiger charge is 2.42. The van der Waals surface area contributed by atoms with Crippen molar-refractivity contribution in [2.24, 2.45) is 0 Å². The Labute approximate surface area is 354 Å². The number of non-ortho nitro benzene ring substituents is 1. The van der Waals surface area contributed by atoms with Gasteiger partial charge in [-0.25, -0.2) is 9.80 Å². The fourth-order valence-electron chi connectivity index (χ4n) is 9.56. The molecule has 0 radical (unpaired) electrons. The first kappa shape index (κ1) is 40.0. The number of nitro groups is 1. The van der Waals surface area contributed by atoms with Crippen molar-refractivity contribution in [3.05, 3.63) is 133 Å². The molecule has 7 aromatic rings. The number of rotatable bonds is 3. The SMILES string of the molecule is CC(C)(C)c1ccc(C(C)(C)C)c(N2C(=O)c3ccc4c5ccc6c7c(cc([N+](=O)[O-])c(c8ccc(c3c48)C2=O)c75)C(=O)N(c2cc(C(C)(C)C)ccc2C(C)(C)C)C6=O)c1. The summed E-state index contributed by atoms with van der Waals surface area (Å²) in [6.45, 7) is 24.7. The molecular formula is C52H49N3O6. The maximum Gasteiger partial charge on any atom is 0.278 e. The van der Waals surface area contributed by atoms with Gasteiger partial charge in [-0.3, -0.25) is 29.3 Å². The number of amides is 4. The van der Waals surface area contributed by atoms with E-state index < -0.39 is 39.4 Å². The van der Waals surface area contributed by atoms with Crippen molar-refractivity contribution in [1.29, 1.82) is 0 Å². The second-order valence-electron chi connectivity index (χ2n) is 20.9. The Morgan fingerprint density at radius 3 is 1.18 bits per heavy atom. The zero-order valence-electron chi connectivity index (χ0n) is 36.8. The molecule has 2 aliphatic rings. The van der Waals surface area contributed by atoms with Crippen LogP contribution in [0.1, 0.15) is 147 Å². The monoisotopic (exact) mass is 811 g/mol. The van der Waals surface area contributed by atoms with Gasteiger partial charge >= 0.3 is 0 Å². The molecule has 2 aliphatic heterocycles. The molecule has 0 N–H and O–H groups in total. The maximum absolute atomic E-state index is 14.9. The number of imide groups is 2. The van der Waals surface area contributed by atoms with Crippen LogP contribution in [0.4, 0.5) is 17.1 Å². The first-order chi connectivity index (χ1) is 28.3. The molecule has 0 aromatic heterocycles. The van der Waals surface area contributed by atoms with E-state index in [4.69, 9.17) is 0 Å². The number of nitrogens with zero attached hydrogens (tertiary/aromatic N) is 3. The summed E-state index contributed by atoms with van der Waals surface area (Å²) in [5.74, 6) is -2.12. The highest BCUT2D eigenvalue weighted by Crippen LogP contribution is 2.51. The van der Waals surface area contributed by atoms with Gasteiger partial charge in [0.25, 0.3) is 29.3 Å². The van der Waals surface area contributed by atoms with Gasteiger partial charge in [-0.2, -0.15) is 0 Å². The summed E-state index contributed by atoms with van der Waals surface area (Å²) in [5.41, 5.74) is 3.75. The number of hydrogen-bond donors (Lipinski definition) is 0. The second kappa shape index (κ2) is 12.5. The molecule has 0 aliphatic carbocycles. The molecule has 0 unspecified atom stereocenters. The smallest absolute Gasteiger partial charge is 0.268 e. The van der Waals surface area contributed by atoms with Crippen molar-refractivity contribution in [2.75, 3.05) is 9.80 Å². The van der Waals surface area contributed by atoms with Crippen LogP contribution in [0.5, 0.6) is 0 Å². The average Bonchev–Trinajstić information content (AvgIpc) is 3.16. The predicted molar refractivity (Wildman–Crippen MR) is 244 cm³/mol. The summed E-state index contributed by atoms with van der Waals surface area (Å²) in [5, 5.41) is 16.9. The zero-order valence-corrected chi connectivity index (χ0v) is 36.8. The lowest BCUT2D eigenvalue weighted by Crippen LogP contribution is -2.42. The van der Waals surface area contributed by atoms with E-state index in [0.717, 1.165) is 22.3 Å². The Kier molecular flexibility index (Phi) is 8.21. The van der Waals surface area contributed by atoms with Crippen LogP contribution >= 0.6 is 0 Å². The van der Waals surface area contributed by atoms with Crippen LogP contribution in [0.25, 0.3) is 43.1 Å². The molecule has 0 fully saturated rings. The summed E-state index contributed by atoms with van der Waals surface area (Å²) in [7, 11) is 0. The minimum absolute atomic E-state index is 0.0603. The van der Waals surface area contributed by atoms with E-state index in [1.165, 1.54) is 15.9 Å². The van der Waals surface area contributed by atoms with Crippen LogP contribution in [0.15, 0.2) is 78.9 Å². The minimum atomic E-state index is -0.640. The van der Waals surface area contributed by atoms with Crippen LogP contribution in [-0.2, 0) is 21.7 Å². The van der Waals surface area contributed by atoms with Crippen molar-refractivity contribution >= 4 is 83.8 Å². The molecule has 0 spiro atoms. The van der Waals surface area contributed by atoms with E-state index in [1.807, 2.05) is 77.9 Å². The van der Waals surface area contributed by atoms with E-state index in [1.54, 1.807) is 30.3 Å². The number of hydrogen-bond acceptors (Lipinski definition) is 6. The summed E-state index contributed by atoms with van der Waals surface area (Å²) in [6, 6.07) is 23.5. The number of fused-ring (bicyclic) bond motifs is 2. The molecule has 0 saturated carbocycles. The molecule has 0 saturated heterocycles. The van der Waals surface area contributed by atoms with E-state index in [0.29, 0.717) is 60.2 Å². The Morgan fingerprint density at radius 2 is 0.787 bits per heavy atom. The lowest BCUT2D eigenvalue weighted by Gasteiger charge is -2.34. The molecular weight excluding hydrogens is 763 g/mol. The van der Waals surface area contributed by atoms with E-state index >= 15 is 0 Å². The largest absolute Gasteiger partial charge is 0.278 e. The van der Waals surface area contributed by atoms with Gasteiger partial charge in [-0.1, -0.05) is 126 Å². The van der Waals surface area contributed by atoms with Gasteiger partial charge in [-0.05, 0) is 95.8 Å². The van der Waals surface area contributed by atoms with Crippen molar-refractivity contribution in [2.45, 2.75) is 105 Å². The molecule has 4 amide bonds. The number of anilines is 2. The van der Waals surface area contributed by atoms with Gasteiger partial charge in [-0.15, -0.1) is 0 Å². The Morgan fingerprint density at radius 1 is 0.410 bits per heavy atom. The van der Waals surface area contributed by atoms with Crippen LogP contribution in [-0.4, -0.2) is 28.6 Å². The van der Waals surface area contributed by atoms with E-state index in [-0.39, 0.29) is 33.0 Å². The topological polar surface area (TPSA) is 118 Å². The van der Waals surface area contributed by atoms with Gasteiger partial charge in [0.15, 0.2) is 0 Å². The molecule has 0 atom stereocenters. The number of carbonyl (C=O) groups excluding carboxylic acids is 4. The van der Waals surface area contributed by atoms with Gasteiger partial charge in [0.2, 0.25) is 0 Å². The predicted octanol–water partition coefficient (Wildman–Crippen LogP) is 12.4. The fraction of sp³-hybridized carbons (Fsp3) is 0.308. The van der Waals surface area contributed by atoms with Gasteiger partial charge in [0.1, 0.15) is 0 Å². The quantitative estimate of drug-likeness (QED) is 0.0576. The van der Waals surface area contributed by atoms with Crippen LogP contribution in [0, 0.1) is 10.1 Å². The highest BCUT2D eigenvalue weighted by molar-refractivity contribution is 6.46. The van der Waals surface area contributed by atoms with Crippen LogP contribution < -0.4 is 9.80 Å². The van der Waals surface area contributed by atoms with Gasteiger partial charge in [0, 0.05) is 38.9 Å². The summed E-state index contributed by atoms with van der Waals surface area (Å²) >= 11 is 0. The molecule has 9 nitrogen and oxygen atoms in total. The lowest BCUT2D eigenvalue weighted by molar-refractivity contribution is -0.383. The number of nitro benzene ring substituents is 1. The third-order valence-corrected chi connectivity index (χ3v) is 12.7. The minimum Gasteiger partial charge on any atom is -0.268 e. The number of carbonyl (C=O) groups is 4. The first-order valence-corrected chi connectivity index (χ1v) is 20.8. The maximum atomic E-state index is 14.9. The Balaban J connectivity index is 1.31. The molecule has 308 valence electrons. The molecule has 61 heavy (non-hydrogen) atoms. The van der Waals surface area contributed by atoms with Crippen molar-refractivity contribution in [3.63, 3.8) is 0 Å². The average molecular weight is 812 g/mol. The van der Waals surface area contributed by atoms with Gasteiger partial charge in [0.05, 0.1) is 27.2 Å². The normalized spacial score (nSPS) is 15.1. The van der Waals surface area contributed by atoms with Crippen molar-refractivity contribution < 1.29 is 24.1 Å². The van der Waals surface area contributed by atoms with Crippen molar-refractivity contribution in [1.82, 2.24) is 0 Å². The highest BCUT2D eigenvalue weighted by atomic mass is 16.6. The van der Waals surface area contributed by atoms with Gasteiger partial charge < -0.3 is 0 Å². The Bertz CT molecular complexity index is 3160. The second-order valence-corrected chi connectivity index (χ2v) is 20.9. The standard InChI is InChI=1S/C52H49N3O6/c1-49(2,3)26-13-21-35(51(7,8)9)37(23-26)53-45(56)31-18-15-28-29-16-19-33-42-34(25-39(55(60)61)43(44(29)42)30-17-20-32(46(53)57)41(31)40(28)30)48(59)54(47(33)58)38-24-27(50(4,5)6)14-22-36(38)52(10,11)12/h13-25H,1-12H3. The van der Waals surface area contributed by atoms with Crippen LogP contribution in [0.3, 0.4) is 0 Å². The molecule has 9 heteroatoms. The van der Waals surface area contributed by atoms with E-state index in [9.17, 15) is 29.3 Å². The number of benzene rings is 7. The summed E-state index contributed by atoms with van der Waals surface area (Å²) < 4.78 is 0. The third-order valence-electron chi connectivity index (χ3n) is 12.7. The third kappa shape index (κ3) is 5.65. The molecule has 7 aromatic carbocycles. The van der Waals surface area contributed by atoms with Crippen molar-refractivity contribution in [3.8, 4) is 0 Å². The fourth-order valence-corrected chi connectivity index (χ4v) is 9.56. The summed E-state index contributed by atoms with van der Waals surface area (Å²) in [4.78, 5) is 74.6. The molecule has 9 rings (SSSR count). The Hall–Kier alpha value is -6.48. The molecule has 0 bridgehead atoms. The van der Waals surface area contributed by atoms with E-state index in [2.05, 4.69) is 47.6 Å². The summed E-state index contributed by atoms with van der Waals surface area (Å²) in [6.07, 6.45) is 0.